The highest BCUT2D eigenvalue weighted by atomic mass is 15.1. The zero-order valence-electron chi connectivity index (χ0n) is 52.1. The van der Waals surface area contributed by atoms with Crippen LogP contribution in [0.4, 0.5) is 34.1 Å². The third kappa shape index (κ3) is 9.76. The topological polar surface area (TPSA) is 6.48 Å². The molecule has 12 aromatic carbocycles. The summed E-state index contributed by atoms with van der Waals surface area (Å²) in [6, 6.07) is 99.3. The van der Waals surface area contributed by atoms with E-state index in [1.165, 1.54) is 122 Å². The normalized spacial score (nSPS) is 14.2. The van der Waals surface area contributed by atoms with Crippen molar-refractivity contribution in [3.63, 3.8) is 0 Å². The maximum atomic E-state index is 2.43. The standard InChI is InChI=1S/C87H72N2/c1-57-19-15-27-67(47-57)88(69-29-17-25-65(53-69)63-21-11-9-12-22-63)71-39-45-77-75-43-37-61(51-81(75)86(5,6)83(77)55-71)33-31-59-35-41-73-74-42-36-60(50-80(74)85(3,4)79(73)49-59)32-34-62-38-44-76-78-46-40-72(56-84(78)87(7,8)82(76)52-62)89(68-28-16-20-58(2)48-68)70-30-18-26-66(54-70)64-23-13-10-14-24-64/h9-56H,1-8H3/b33-31+,34-32+. The van der Waals surface area contributed by atoms with Gasteiger partial charge in [0.1, 0.15) is 0 Å². The molecular formula is C87H72N2. The van der Waals surface area contributed by atoms with Crippen LogP contribution in [0, 0.1) is 13.8 Å². The number of fused-ring (bicyclic) bond motifs is 9. The van der Waals surface area contributed by atoms with E-state index >= 15 is 0 Å². The van der Waals surface area contributed by atoms with Crippen LogP contribution in [0.3, 0.4) is 0 Å². The lowest BCUT2D eigenvalue weighted by Crippen LogP contribution is -2.16. The molecule has 0 saturated carbocycles. The van der Waals surface area contributed by atoms with E-state index in [2.05, 4.69) is 356 Å². The fourth-order valence-electron chi connectivity index (χ4n) is 14.7. The van der Waals surface area contributed by atoms with Crippen molar-refractivity contribution in [2.75, 3.05) is 9.80 Å². The zero-order valence-corrected chi connectivity index (χ0v) is 52.1. The number of nitrogens with zero attached hydrogens (tertiary/aromatic N) is 2. The van der Waals surface area contributed by atoms with Crippen LogP contribution in [0.1, 0.15) is 108 Å². The fourth-order valence-corrected chi connectivity index (χ4v) is 14.7. The molecule has 15 rings (SSSR count). The van der Waals surface area contributed by atoms with E-state index < -0.39 is 0 Å². The molecule has 0 fully saturated rings. The van der Waals surface area contributed by atoms with Crippen LogP contribution >= 0.6 is 0 Å². The second-order valence-electron chi connectivity index (χ2n) is 26.4. The molecule has 0 amide bonds. The highest BCUT2D eigenvalue weighted by Crippen LogP contribution is 2.54. The second kappa shape index (κ2) is 21.5. The van der Waals surface area contributed by atoms with E-state index in [1.54, 1.807) is 0 Å². The van der Waals surface area contributed by atoms with Gasteiger partial charge in [-0.05, 0) is 209 Å². The Hall–Kier alpha value is -10.3. The van der Waals surface area contributed by atoms with Crippen molar-refractivity contribution in [1.82, 2.24) is 0 Å². The van der Waals surface area contributed by atoms with Gasteiger partial charge in [-0.3, -0.25) is 0 Å². The average Bonchev–Trinajstić information content (AvgIpc) is 1.77. The molecule has 0 aliphatic heterocycles. The minimum Gasteiger partial charge on any atom is -0.310 e. The second-order valence-corrected chi connectivity index (χ2v) is 26.4. The Balaban J connectivity index is 0.663. The molecule has 2 heteroatoms. The van der Waals surface area contributed by atoms with Gasteiger partial charge in [-0.1, -0.05) is 260 Å². The Labute approximate surface area is 526 Å². The highest BCUT2D eigenvalue weighted by Gasteiger charge is 2.39. The van der Waals surface area contributed by atoms with Crippen molar-refractivity contribution in [1.29, 1.82) is 0 Å². The molecule has 0 saturated heterocycles. The Bertz CT molecular complexity index is 4530. The van der Waals surface area contributed by atoms with Crippen molar-refractivity contribution in [2.45, 2.75) is 71.6 Å². The van der Waals surface area contributed by atoms with Crippen LogP contribution in [-0.4, -0.2) is 0 Å². The number of hydrogen-bond donors (Lipinski definition) is 0. The van der Waals surface area contributed by atoms with Crippen LogP contribution in [0.15, 0.2) is 267 Å². The molecule has 0 atom stereocenters. The first-order valence-electron chi connectivity index (χ1n) is 31.4. The summed E-state index contributed by atoms with van der Waals surface area (Å²) in [5, 5.41) is 0. The molecule has 3 aliphatic carbocycles. The lowest BCUT2D eigenvalue weighted by Gasteiger charge is -2.28. The maximum absolute atomic E-state index is 2.43. The first-order chi connectivity index (χ1) is 43.1. The molecule has 0 radical (unpaired) electrons. The maximum Gasteiger partial charge on any atom is 0.0467 e. The van der Waals surface area contributed by atoms with Gasteiger partial charge in [-0.15, -0.1) is 0 Å². The summed E-state index contributed by atoms with van der Waals surface area (Å²) in [4.78, 5) is 4.83. The number of anilines is 6. The molecule has 0 heterocycles. The molecule has 0 aromatic heterocycles. The van der Waals surface area contributed by atoms with Crippen LogP contribution < -0.4 is 9.80 Å². The van der Waals surface area contributed by atoms with Crippen molar-refractivity contribution in [2.24, 2.45) is 0 Å². The third-order valence-electron chi connectivity index (χ3n) is 19.5. The van der Waals surface area contributed by atoms with Gasteiger partial charge in [0, 0.05) is 50.4 Å². The predicted molar refractivity (Wildman–Crippen MR) is 380 cm³/mol. The number of aryl methyl sites for hydroxylation is 2. The Kier molecular flexibility index (Phi) is 13.4. The molecule has 2 nitrogen and oxygen atoms in total. The van der Waals surface area contributed by atoms with Gasteiger partial charge in [-0.2, -0.15) is 0 Å². The highest BCUT2D eigenvalue weighted by molar-refractivity contribution is 5.91. The summed E-state index contributed by atoms with van der Waals surface area (Å²) >= 11 is 0. The summed E-state index contributed by atoms with van der Waals surface area (Å²) in [7, 11) is 0. The number of rotatable bonds is 12. The minimum atomic E-state index is -0.202. The van der Waals surface area contributed by atoms with Gasteiger partial charge >= 0.3 is 0 Å². The lowest BCUT2D eigenvalue weighted by atomic mass is 9.81. The molecule has 0 unspecified atom stereocenters. The van der Waals surface area contributed by atoms with Crippen LogP contribution in [0.2, 0.25) is 0 Å². The fraction of sp³-hybridized carbons (Fsp3) is 0.126. The third-order valence-corrected chi connectivity index (χ3v) is 19.5. The van der Waals surface area contributed by atoms with Gasteiger partial charge in [0.25, 0.3) is 0 Å². The zero-order chi connectivity index (χ0) is 60.8. The van der Waals surface area contributed by atoms with E-state index in [1.807, 2.05) is 0 Å². The Morgan fingerprint density at radius 3 is 0.798 bits per heavy atom. The Morgan fingerprint density at radius 2 is 0.483 bits per heavy atom. The average molecular weight is 1150 g/mol. The summed E-state index contributed by atoms with van der Waals surface area (Å²) in [6.45, 7) is 18.7. The van der Waals surface area contributed by atoms with Crippen molar-refractivity contribution in [3.05, 3.63) is 334 Å². The SMILES string of the molecule is Cc1cccc(N(c2cccc(-c3ccccc3)c2)c2ccc3c(c2)C(C)(C)c2cc(/C=C/c4ccc5c(c4)C(C)(C)c4cc(/C=C/c6ccc7c(c6)C(C)(C)c6cc(N(c8cccc(C)c8)c8cccc(-c9ccccc9)c8)ccc6-7)ccc4-5)ccc2-3)c1. The van der Waals surface area contributed by atoms with Crippen molar-refractivity contribution >= 4 is 58.4 Å². The molecule has 0 N–H and O–H groups in total. The van der Waals surface area contributed by atoms with Gasteiger partial charge in [0.2, 0.25) is 0 Å². The summed E-state index contributed by atoms with van der Waals surface area (Å²) in [6.07, 6.45) is 9.20. The van der Waals surface area contributed by atoms with Crippen molar-refractivity contribution < 1.29 is 0 Å². The van der Waals surface area contributed by atoms with Crippen LogP contribution in [0.25, 0.3) is 79.9 Å². The molecule has 12 aromatic rings. The van der Waals surface area contributed by atoms with Gasteiger partial charge in [0.05, 0.1) is 0 Å². The van der Waals surface area contributed by atoms with Gasteiger partial charge in [-0.25, -0.2) is 0 Å². The smallest absolute Gasteiger partial charge is 0.0467 e. The summed E-state index contributed by atoms with van der Waals surface area (Å²) in [5.41, 5.74) is 34.5. The Morgan fingerprint density at radius 1 is 0.225 bits per heavy atom. The summed E-state index contributed by atoms with van der Waals surface area (Å²) < 4.78 is 0. The predicted octanol–water partition coefficient (Wildman–Crippen LogP) is 23.8. The van der Waals surface area contributed by atoms with Crippen LogP contribution in [0.5, 0.6) is 0 Å². The summed E-state index contributed by atoms with van der Waals surface area (Å²) in [5.74, 6) is 0. The van der Waals surface area contributed by atoms with E-state index in [0.717, 1.165) is 34.1 Å². The monoisotopic (exact) mass is 1140 g/mol. The van der Waals surface area contributed by atoms with Gasteiger partial charge < -0.3 is 9.80 Å². The minimum absolute atomic E-state index is 0.165. The molecular weight excluding hydrogens is 1070 g/mol. The molecule has 430 valence electrons. The van der Waals surface area contributed by atoms with E-state index in [9.17, 15) is 0 Å². The van der Waals surface area contributed by atoms with Gasteiger partial charge in [0.15, 0.2) is 0 Å². The quantitative estimate of drug-likeness (QED) is 0.113. The first-order valence-corrected chi connectivity index (χ1v) is 31.4. The molecule has 89 heavy (non-hydrogen) atoms. The first kappa shape index (κ1) is 55.3. The molecule has 0 spiro atoms. The lowest BCUT2D eigenvalue weighted by molar-refractivity contribution is 0.660. The number of hydrogen-bond acceptors (Lipinski definition) is 2. The van der Waals surface area contributed by atoms with Crippen molar-refractivity contribution in [3.8, 4) is 55.6 Å². The molecule has 3 aliphatic rings. The van der Waals surface area contributed by atoms with E-state index in [0.29, 0.717) is 0 Å². The van der Waals surface area contributed by atoms with Crippen LogP contribution in [-0.2, 0) is 16.2 Å². The number of benzene rings is 12. The van der Waals surface area contributed by atoms with E-state index in [4.69, 9.17) is 0 Å². The largest absolute Gasteiger partial charge is 0.310 e. The van der Waals surface area contributed by atoms with E-state index in [-0.39, 0.29) is 16.2 Å². The molecule has 0 bridgehead atoms.